The van der Waals surface area contributed by atoms with Gasteiger partial charge in [0.2, 0.25) is 11.8 Å². The quantitative estimate of drug-likeness (QED) is 0.282. The number of carbonyl (C=O) groups excluding carboxylic acids is 2. The summed E-state index contributed by atoms with van der Waals surface area (Å²) in [7, 11) is 0. The van der Waals surface area contributed by atoms with Gasteiger partial charge in [-0.15, -0.1) is 24.0 Å². The second kappa shape index (κ2) is 10.0. The van der Waals surface area contributed by atoms with Crippen molar-refractivity contribution >= 4 is 41.8 Å². The Balaban J connectivity index is 0.00000529. The fraction of sp³-hybridized carbons (Fsp3) is 0.812. The van der Waals surface area contributed by atoms with E-state index < -0.39 is 0 Å². The highest BCUT2D eigenvalue weighted by atomic mass is 127. The van der Waals surface area contributed by atoms with Crippen molar-refractivity contribution in [3.63, 3.8) is 0 Å². The van der Waals surface area contributed by atoms with E-state index in [1.54, 1.807) is 0 Å². The summed E-state index contributed by atoms with van der Waals surface area (Å²) in [6, 6.07) is 0.180. The molecule has 0 aromatic heterocycles. The third kappa shape index (κ3) is 6.45. The van der Waals surface area contributed by atoms with Gasteiger partial charge in [-0.3, -0.25) is 14.6 Å². The van der Waals surface area contributed by atoms with E-state index in [-0.39, 0.29) is 47.4 Å². The number of nitrogens with zero attached hydrogens (tertiary/aromatic N) is 3. The number of amides is 2. The van der Waals surface area contributed by atoms with Gasteiger partial charge in [-0.25, -0.2) is 0 Å². The lowest BCUT2D eigenvalue weighted by molar-refractivity contribution is -0.145. The molecule has 0 bridgehead atoms. The molecule has 0 aliphatic carbocycles. The van der Waals surface area contributed by atoms with Crippen LogP contribution >= 0.6 is 24.0 Å². The molecule has 1 saturated heterocycles. The molecular formula is C16H32IN5O2. The lowest BCUT2D eigenvalue weighted by Crippen LogP contribution is -2.66. The number of piperazine rings is 1. The third-order valence-electron chi connectivity index (χ3n) is 3.72. The number of hydrogen-bond acceptors (Lipinski definition) is 3. The highest BCUT2D eigenvalue weighted by Gasteiger charge is 2.40. The molecule has 7 nitrogen and oxygen atoms in total. The van der Waals surface area contributed by atoms with Crippen LogP contribution in [0.25, 0.3) is 0 Å². The minimum atomic E-state index is -0.253. The van der Waals surface area contributed by atoms with Crippen molar-refractivity contribution < 1.29 is 9.59 Å². The summed E-state index contributed by atoms with van der Waals surface area (Å²) in [6.07, 6.45) is 0. The Morgan fingerprint density at radius 2 is 1.96 bits per heavy atom. The average Bonchev–Trinajstić information content (AvgIpc) is 2.39. The summed E-state index contributed by atoms with van der Waals surface area (Å²) in [4.78, 5) is 31.9. The van der Waals surface area contributed by atoms with Crippen LogP contribution in [0.3, 0.4) is 0 Å². The van der Waals surface area contributed by atoms with Gasteiger partial charge in [-0.2, -0.15) is 0 Å². The third-order valence-corrected chi connectivity index (χ3v) is 3.72. The minimum absolute atomic E-state index is 0. The van der Waals surface area contributed by atoms with Crippen LogP contribution in [0.5, 0.6) is 0 Å². The van der Waals surface area contributed by atoms with Crippen LogP contribution < -0.4 is 10.6 Å². The van der Waals surface area contributed by atoms with E-state index >= 15 is 0 Å². The van der Waals surface area contributed by atoms with Crippen LogP contribution in [0.2, 0.25) is 0 Å². The average molecular weight is 453 g/mol. The van der Waals surface area contributed by atoms with E-state index in [0.29, 0.717) is 19.6 Å². The zero-order valence-corrected chi connectivity index (χ0v) is 18.0. The van der Waals surface area contributed by atoms with Gasteiger partial charge in [-0.05, 0) is 34.6 Å². The van der Waals surface area contributed by atoms with Gasteiger partial charge in [-0.1, -0.05) is 0 Å². The number of rotatable bonds is 5. The van der Waals surface area contributed by atoms with Gasteiger partial charge in [0, 0.05) is 32.6 Å². The Morgan fingerprint density at radius 1 is 1.33 bits per heavy atom. The second-order valence-electron chi connectivity index (χ2n) is 6.74. The maximum absolute atomic E-state index is 12.5. The zero-order chi connectivity index (χ0) is 17.6. The monoisotopic (exact) mass is 453 g/mol. The summed E-state index contributed by atoms with van der Waals surface area (Å²) in [5.41, 5.74) is -0.253. The maximum Gasteiger partial charge on any atom is 0.242 e. The van der Waals surface area contributed by atoms with Gasteiger partial charge < -0.3 is 20.4 Å². The number of halogens is 1. The van der Waals surface area contributed by atoms with Gasteiger partial charge in [0.1, 0.15) is 0 Å². The minimum Gasteiger partial charge on any atom is -0.357 e. The van der Waals surface area contributed by atoms with Crippen LogP contribution in [0, 0.1) is 0 Å². The first-order valence-corrected chi connectivity index (χ1v) is 8.29. The summed E-state index contributed by atoms with van der Waals surface area (Å²) in [5.74, 6) is 0.776. The predicted octanol–water partition coefficient (Wildman–Crippen LogP) is 1.04. The first kappa shape index (κ1) is 22.9. The Labute approximate surface area is 162 Å². The van der Waals surface area contributed by atoms with Crippen molar-refractivity contribution in [2.24, 2.45) is 4.99 Å². The lowest BCUT2D eigenvalue weighted by atomic mass is 9.96. The van der Waals surface area contributed by atoms with Gasteiger partial charge in [0.25, 0.3) is 0 Å². The molecule has 0 aromatic rings. The summed E-state index contributed by atoms with van der Waals surface area (Å²) < 4.78 is 0. The molecule has 24 heavy (non-hydrogen) atoms. The molecule has 1 aliphatic heterocycles. The van der Waals surface area contributed by atoms with Gasteiger partial charge in [0.15, 0.2) is 5.96 Å². The van der Waals surface area contributed by atoms with E-state index in [0.717, 1.165) is 19.0 Å². The number of carbonyl (C=O) groups is 2. The number of hydrogen-bond donors (Lipinski definition) is 2. The molecule has 8 heteroatoms. The van der Waals surface area contributed by atoms with Crippen molar-refractivity contribution in [3.05, 3.63) is 0 Å². The fourth-order valence-corrected chi connectivity index (χ4v) is 3.13. The molecule has 1 heterocycles. The smallest absolute Gasteiger partial charge is 0.242 e. The van der Waals surface area contributed by atoms with Crippen LogP contribution in [0.1, 0.15) is 41.5 Å². The molecule has 140 valence electrons. The molecule has 0 unspecified atom stereocenters. The Morgan fingerprint density at radius 3 is 2.42 bits per heavy atom. The second-order valence-corrected chi connectivity index (χ2v) is 6.74. The molecule has 0 aromatic carbocycles. The van der Waals surface area contributed by atoms with Crippen molar-refractivity contribution in [2.75, 3.05) is 32.7 Å². The molecule has 2 amide bonds. The SMILES string of the molecule is CCNC(=NCCNC(C)=O)N1CC(=O)N(C(C)C)C(C)(C)C1.I. The number of nitrogens with one attached hydrogen (secondary N) is 2. The van der Waals surface area contributed by atoms with Crippen molar-refractivity contribution in [1.29, 1.82) is 0 Å². The Kier molecular flexibility index (Phi) is 9.61. The topological polar surface area (TPSA) is 77.0 Å². The largest absolute Gasteiger partial charge is 0.357 e. The number of aliphatic imine (C=N–C) groups is 1. The standard InChI is InChI=1S/C16H31N5O2.HI/c1-7-17-15(19-9-8-18-13(4)22)20-10-14(23)21(12(2)3)16(5,6)11-20;/h12H,7-11H2,1-6H3,(H,17,19)(H,18,22);1H. The molecule has 0 spiro atoms. The summed E-state index contributed by atoms with van der Waals surface area (Å²) in [5, 5.41) is 5.96. The zero-order valence-electron chi connectivity index (χ0n) is 15.7. The van der Waals surface area contributed by atoms with E-state index in [1.165, 1.54) is 6.92 Å². The Hall–Kier alpha value is -1.06. The van der Waals surface area contributed by atoms with Crippen LogP contribution in [0.15, 0.2) is 4.99 Å². The lowest BCUT2D eigenvalue weighted by Gasteiger charge is -2.49. The molecule has 1 rings (SSSR count). The molecule has 2 N–H and O–H groups in total. The van der Waals surface area contributed by atoms with E-state index in [1.807, 2.05) is 30.6 Å². The number of guanidine groups is 1. The van der Waals surface area contributed by atoms with E-state index in [4.69, 9.17) is 0 Å². The van der Waals surface area contributed by atoms with Gasteiger partial charge in [0.05, 0.1) is 18.6 Å². The predicted molar refractivity (Wildman–Crippen MR) is 108 cm³/mol. The first-order valence-electron chi connectivity index (χ1n) is 8.29. The van der Waals surface area contributed by atoms with Gasteiger partial charge >= 0.3 is 0 Å². The van der Waals surface area contributed by atoms with Crippen LogP contribution in [-0.2, 0) is 9.59 Å². The summed E-state index contributed by atoms with van der Waals surface area (Å²) in [6.45, 7) is 14.5. The molecule has 0 atom stereocenters. The summed E-state index contributed by atoms with van der Waals surface area (Å²) >= 11 is 0. The highest BCUT2D eigenvalue weighted by molar-refractivity contribution is 14.0. The normalized spacial score (nSPS) is 17.6. The van der Waals surface area contributed by atoms with Crippen LogP contribution in [0.4, 0.5) is 0 Å². The fourth-order valence-electron chi connectivity index (χ4n) is 3.13. The van der Waals surface area contributed by atoms with Crippen molar-refractivity contribution in [1.82, 2.24) is 20.4 Å². The molecule has 0 saturated carbocycles. The Bertz CT molecular complexity index is 465. The molecular weight excluding hydrogens is 421 g/mol. The van der Waals surface area contributed by atoms with E-state index in [2.05, 4.69) is 29.5 Å². The van der Waals surface area contributed by atoms with E-state index in [9.17, 15) is 9.59 Å². The van der Waals surface area contributed by atoms with Crippen molar-refractivity contribution in [3.8, 4) is 0 Å². The molecule has 0 radical (unpaired) electrons. The van der Waals surface area contributed by atoms with Crippen LogP contribution in [-0.4, -0.2) is 71.9 Å². The van der Waals surface area contributed by atoms with Crippen molar-refractivity contribution in [2.45, 2.75) is 53.1 Å². The highest BCUT2D eigenvalue weighted by Crippen LogP contribution is 2.24. The molecule has 1 fully saturated rings. The maximum atomic E-state index is 12.5. The molecule has 1 aliphatic rings. The first-order chi connectivity index (χ1) is 10.7.